The highest BCUT2D eigenvalue weighted by atomic mass is 16.5. The van der Waals surface area contributed by atoms with Gasteiger partial charge in [0.25, 0.3) is 5.91 Å². The summed E-state index contributed by atoms with van der Waals surface area (Å²) >= 11 is 0. The Hall–Kier alpha value is -3.52. The maximum absolute atomic E-state index is 12.9. The summed E-state index contributed by atoms with van der Waals surface area (Å²) in [5.41, 5.74) is 3.37. The summed E-state index contributed by atoms with van der Waals surface area (Å²) in [7, 11) is 0. The van der Waals surface area contributed by atoms with Crippen molar-refractivity contribution in [2.75, 3.05) is 19.7 Å². The van der Waals surface area contributed by atoms with Crippen LogP contribution in [0, 0.1) is 0 Å². The highest BCUT2D eigenvalue weighted by Gasteiger charge is 2.27. The highest BCUT2D eigenvalue weighted by molar-refractivity contribution is 5.97. The third-order valence-electron chi connectivity index (χ3n) is 5.44. The van der Waals surface area contributed by atoms with E-state index in [-0.39, 0.29) is 12.0 Å². The number of benzene rings is 1. The molecule has 1 aliphatic rings. The molecule has 1 fully saturated rings. The first-order valence-electron chi connectivity index (χ1n) is 10.1. The Morgan fingerprint density at radius 2 is 2.10 bits per heavy atom. The Balaban J connectivity index is 1.38. The average molecular weight is 402 g/mol. The molecule has 0 bridgehead atoms. The van der Waals surface area contributed by atoms with Gasteiger partial charge < -0.3 is 14.2 Å². The number of aromatic amines is 1. The molecule has 1 aromatic carbocycles. The molecule has 8 heteroatoms. The number of carbonyl (C=O) groups is 1. The summed E-state index contributed by atoms with van der Waals surface area (Å²) in [4.78, 5) is 23.5. The number of likely N-dealkylation sites (tertiary alicyclic amines) is 1. The molecule has 0 radical (unpaired) electrons. The summed E-state index contributed by atoms with van der Waals surface area (Å²) in [6, 6.07) is 11.9. The number of H-pyrrole nitrogens is 1. The molecule has 5 rings (SSSR count). The lowest BCUT2D eigenvalue weighted by atomic mass is 10.2. The zero-order valence-corrected chi connectivity index (χ0v) is 16.7. The van der Waals surface area contributed by atoms with Crippen LogP contribution >= 0.6 is 0 Å². The number of aromatic nitrogens is 5. The zero-order chi connectivity index (χ0) is 20.5. The molecule has 0 aliphatic carbocycles. The van der Waals surface area contributed by atoms with Crippen LogP contribution in [0.2, 0.25) is 0 Å². The number of fused-ring (bicyclic) bond motifs is 1. The van der Waals surface area contributed by atoms with Crippen LogP contribution in [-0.4, -0.2) is 61.3 Å². The molecular weight excluding hydrogens is 380 g/mol. The topological polar surface area (TPSA) is 88.9 Å². The summed E-state index contributed by atoms with van der Waals surface area (Å²) in [6.45, 7) is 4.02. The smallest absolute Gasteiger partial charge is 0.255 e. The lowest BCUT2D eigenvalue weighted by Crippen LogP contribution is -2.30. The van der Waals surface area contributed by atoms with Gasteiger partial charge in [-0.05, 0) is 49.7 Å². The molecule has 1 amide bonds. The van der Waals surface area contributed by atoms with Crippen LogP contribution in [0.5, 0.6) is 0 Å². The molecule has 3 aromatic heterocycles. The molecule has 1 aliphatic heterocycles. The molecule has 0 unspecified atom stereocenters. The standard InChI is InChI=1S/C22H22N6O2/c1-2-30-19-8-9-27(13-19)22(29)17-11-16-7-10-28(21(16)23-12-17)18-5-3-15(4-6-18)20-24-14-25-26-20/h3-7,10-12,14,19H,2,8-9,13H2,1H3,(H,24,25,26)/t19-/m0/s1. The Bertz CT molecular complexity index is 1170. The molecule has 8 nitrogen and oxygen atoms in total. The van der Waals surface area contributed by atoms with E-state index in [0.29, 0.717) is 18.7 Å². The van der Waals surface area contributed by atoms with Gasteiger partial charge in [-0.2, -0.15) is 5.10 Å². The largest absolute Gasteiger partial charge is 0.377 e. The summed E-state index contributed by atoms with van der Waals surface area (Å²) < 4.78 is 7.66. The van der Waals surface area contributed by atoms with Crippen molar-refractivity contribution < 1.29 is 9.53 Å². The summed E-state index contributed by atoms with van der Waals surface area (Å²) in [5, 5.41) is 7.68. The van der Waals surface area contributed by atoms with Gasteiger partial charge in [0.05, 0.1) is 11.7 Å². The number of rotatable bonds is 5. The fourth-order valence-corrected chi connectivity index (χ4v) is 3.94. The number of nitrogens with one attached hydrogen (secondary N) is 1. The molecule has 0 spiro atoms. The van der Waals surface area contributed by atoms with Crippen LogP contribution < -0.4 is 0 Å². The normalized spacial score (nSPS) is 16.4. The van der Waals surface area contributed by atoms with Crippen LogP contribution in [0.25, 0.3) is 28.1 Å². The Kier molecular flexibility index (Phi) is 4.76. The molecule has 1 saturated heterocycles. The predicted molar refractivity (Wildman–Crippen MR) is 112 cm³/mol. The average Bonchev–Trinajstić information content (AvgIpc) is 3.54. The lowest BCUT2D eigenvalue weighted by molar-refractivity contribution is 0.0598. The Morgan fingerprint density at radius 3 is 2.87 bits per heavy atom. The summed E-state index contributed by atoms with van der Waals surface area (Å²) in [6.07, 6.45) is 6.14. The maximum atomic E-state index is 12.9. The number of nitrogens with zero attached hydrogens (tertiary/aromatic N) is 5. The van der Waals surface area contributed by atoms with Crippen molar-refractivity contribution in [3.63, 3.8) is 0 Å². The minimum Gasteiger partial charge on any atom is -0.377 e. The molecule has 1 atom stereocenters. The fourth-order valence-electron chi connectivity index (χ4n) is 3.94. The van der Waals surface area contributed by atoms with Crippen LogP contribution in [0.1, 0.15) is 23.7 Å². The quantitative estimate of drug-likeness (QED) is 0.554. The highest BCUT2D eigenvalue weighted by Crippen LogP contribution is 2.23. The van der Waals surface area contributed by atoms with Crippen LogP contribution in [-0.2, 0) is 4.74 Å². The Morgan fingerprint density at radius 1 is 1.23 bits per heavy atom. The van der Waals surface area contributed by atoms with E-state index < -0.39 is 0 Å². The van der Waals surface area contributed by atoms with Crippen molar-refractivity contribution in [2.24, 2.45) is 0 Å². The van der Waals surface area contributed by atoms with Gasteiger partial charge in [0.2, 0.25) is 0 Å². The molecule has 1 N–H and O–H groups in total. The van der Waals surface area contributed by atoms with E-state index in [1.165, 1.54) is 6.33 Å². The number of amides is 1. The predicted octanol–water partition coefficient (Wildman–Crippen LogP) is 3.06. The first kappa shape index (κ1) is 18.5. The number of hydrogen-bond acceptors (Lipinski definition) is 5. The van der Waals surface area contributed by atoms with E-state index in [4.69, 9.17) is 4.74 Å². The van der Waals surface area contributed by atoms with Gasteiger partial charge >= 0.3 is 0 Å². The molecular formula is C22H22N6O2. The molecule has 30 heavy (non-hydrogen) atoms. The third kappa shape index (κ3) is 3.35. The van der Waals surface area contributed by atoms with Crippen LogP contribution in [0.4, 0.5) is 0 Å². The van der Waals surface area contributed by atoms with E-state index in [1.54, 1.807) is 6.20 Å². The second kappa shape index (κ2) is 7.72. The van der Waals surface area contributed by atoms with E-state index in [2.05, 4.69) is 20.2 Å². The van der Waals surface area contributed by atoms with Crippen LogP contribution in [0.15, 0.2) is 55.1 Å². The minimum atomic E-state index is 0.00997. The number of hydrogen-bond donors (Lipinski definition) is 1. The van der Waals surface area contributed by atoms with Crippen molar-refractivity contribution in [1.82, 2.24) is 29.6 Å². The van der Waals surface area contributed by atoms with Gasteiger partial charge in [-0.3, -0.25) is 9.89 Å². The molecule has 4 aromatic rings. The number of carbonyl (C=O) groups excluding carboxylic acids is 1. The van der Waals surface area contributed by atoms with E-state index in [1.807, 2.05) is 59.0 Å². The van der Waals surface area contributed by atoms with Gasteiger partial charge in [0, 0.05) is 48.7 Å². The van der Waals surface area contributed by atoms with Gasteiger partial charge in [0.1, 0.15) is 12.0 Å². The van der Waals surface area contributed by atoms with Crippen molar-refractivity contribution in [2.45, 2.75) is 19.4 Å². The lowest BCUT2D eigenvalue weighted by Gasteiger charge is -2.16. The summed E-state index contributed by atoms with van der Waals surface area (Å²) in [5.74, 6) is 0.740. The van der Waals surface area contributed by atoms with Crippen molar-refractivity contribution >= 4 is 16.9 Å². The number of pyridine rings is 1. The third-order valence-corrected chi connectivity index (χ3v) is 5.44. The van der Waals surface area contributed by atoms with Crippen LogP contribution in [0.3, 0.4) is 0 Å². The zero-order valence-electron chi connectivity index (χ0n) is 16.7. The minimum absolute atomic E-state index is 0.00997. The SMILES string of the molecule is CCO[C@H]1CCN(C(=O)c2cnc3c(ccn3-c3ccc(-c4ncn[nH]4)cc3)c2)C1. The van der Waals surface area contributed by atoms with Crippen molar-refractivity contribution in [3.05, 3.63) is 60.7 Å². The van der Waals surface area contributed by atoms with E-state index in [9.17, 15) is 4.79 Å². The number of ether oxygens (including phenoxy) is 1. The second-order valence-corrected chi connectivity index (χ2v) is 7.32. The van der Waals surface area contributed by atoms with E-state index >= 15 is 0 Å². The van der Waals surface area contributed by atoms with E-state index in [0.717, 1.165) is 41.1 Å². The van der Waals surface area contributed by atoms with Gasteiger partial charge in [-0.15, -0.1) is 0 Å². The van der Waals surface area contributed by atoms with Gasteiger partial charge in [0.15, 0.2) is 5.82 Å². The first-order valence-corrected chi connectivity index (χ1v) is 10.1. The monoisotopic (exact) mass is 402 g/mol. The molecule has 152 valence electrons. The second-order valence-electron chi connectivity index (χ2n) is 7.32. The molecule has 0 saturated carbocycles. The van der Waals surface area contributed by atoms with Crippen molar-refractivity contribution in [1.29, 1.82) is 0 Å². The van der Waals surface area contributed by atoms with Gasteiger partial charge in [-0.25, -0.2) is 9.97 Å². The maximum Gasteiger partial charge on any atom is 0.255 e. The Labute approximate surface area is 173 Å². The fraction of sp³-hybridized carbons (Fsp3) is 0.273. The molecule has 4 heterocycles. The first-order chi connectivity index (χ1) is 14.7. The van der Waals surface area contributed by atoms with Gasteiger partial charge in [-0.1, -0.05) is 0 Å². The van der Waals surface area contributed by atoms with Crippen molar-refractivity contribution in [3.8, 4) is 17.1 Å².